The Morgan fingerprint density at radius 2 is 1.73 bits per heavy atom. The summed E-state index contributed by atoms with van der Waals surface area (Å²) in [5, 5.41) is 13.7. The lowest BCUT2D eigenvalue weighted by molar-refractivity contribution is 0.190. The minimum Gasteiger partial charge on any atom is -0.497 e. The number of para-hydroxylation sites is 2. The molecule has 37 heavy (non-hydrogen) atoms. The van der Waals surface area contributed by atoms with Gasteiger partial charge < -0.3 is 19.4 Å². The van der Waals surface area contributed by atoms with Crippen LogP contribution in [0.5, 0.6) is 11.5 Å². The summed E-state index contributed by atoms with van der Waals surface area (Å²) in [6.07, 6.45) is 0. The summed E-state index contributed by atoms with van der Waals surface area (Å²) < 4.78 is 12.7. The van der Waals surface area contributed by atoms with Crippen molar-refractivity contribution in [3.8, 4) is 11.5 Å². The SMILES string of the molecule is COc1ccc2cc([C@@H](c3nnnn3C(C)(C)C)N3CCN(c4ccccc4OC)CC3)c(=O)[nH]c2c1. The van der Waals surface area contributed by atoms with E-state index in [2.05, 4.69) is 57.1 Å². The molecule has 194 valence electrons. The van der Waals surface area contributed by atoms with Crippen LogP contribution in [0.4, 0.5) is 5.69 Å². The maximum absolute atomic E-state index is 13.5. The number of benzene rings is 2. The van der Waals surface area contributed by atoms with Gasteiger partial charge in [-0.1, -0.05) is 12.1 Å². The molecule has 3 heterocycles. The number of fused-ring (bicyclic) bond motifs is 1. The van der Waals surface area contributed by atoms with Crippen LogP contribution in [-0.2, 0) is 5.54 Å². The Hall–Kier alpha value is -3.92. The van der Waals surface area contributed by atoms with Crippen molar-refractivity contribution in [3.05, 3.63) is 70.3 Å². The number of nitrogens with zero attached hydrogens (tertiary/aromatic N) is 6. The fourth-order valence-electron chi connectivity index (χ4n) is 4.98. The fraction of sp³-hybridized carbons (Fsp3) is 0.407. The lowest BCUT2D eigenvalue weighted by Crippen LogP contribution is -2.49. The Kier molecular flexibility index (Phi) is 6.59. The summed E-state index contributed by atoms with van der Waals surface area (Å²) in [5.41, 5.74) is 1.89. The second kappa shape index (κ2) is 9.85. The number of piperazine rings is 1. The van der Waals surface area contributed by atoms with Gasteiger partial charge in [0.25, 0.3) is 5.56 Å². The quantitative estimate of drug-likeness (QED) is 0.428. The van der Waals surface area contributed by atoms with Gasteiger partial charge in [0.15, 0.2) is 5.82 Å². The van der Waals surface area contributed by atoms with Gasteiger partial charge in [-0.15, -0.1) is 5.10 Å². The number of anilines is 1. The summed E-state index contributed by atoms with van der Waals surface area (Å²) in [4.78, 5) is 21.2. The van der Waals surface area contributed by atoms with Gasteiger partial charge >= 0.3 is 0 Å². The second-order valence-electron chi connectivity index (χ2n) is 10.2. The molecule has 0 bridgehead atoms. The van der Waals surface area contributed by atoms with Gasteiger partial charge in [-0.3, -0.25) is 9.69 Å². The number of nitrogens with one attached hydrogen (secondary N) is 1. The fourth-order valence-corrected chi connectivity index (χ4v) is 4.98. The van der Waals surface area contributed by atoms with E-state index in [1.165, 1.54) is 0 Å². The van der Waals surface area contributed by atoms with E-state index in [1.54, 1.807) is 14.2 Å². The third-order valence-electron chi connectivity index (χ3n) is 6.86. The smallest absolute Gasteiger partial charge is 0.253 e. The highest BCUT2D eigenvalue weighted by molar-refractivity contribution is 5.80. The molecule has 0 unspecified atom stereocenters. The lowest BCUT2D eigenvalue weighted by Gasteiger charge is -2.40. The van der Waals surface area contributed by atoms with Gasteiger partial charge in [0.05, 0.1) is 31.0 Å². The lowest BCUT2D eigenvalue weighted by atomic mass is 10.0. The van der Waals surface area contributed by atoms with Crippen LogP contribution in [0.15, 0.2) is 53.3 Å². The van der Waals surface area contributed by atoms with E-state index in [0.717, 1.165) is 48.5 Å². The molecule has 0 spiro atoms. The van der Waals surface area contributed by atoms with E-state index in [9.17, 15) is 4.79 Å². The highest BCUT2D eigenvalue weighted by Crippen LogP contribution is 2.33. The van der Waals surface area contributed by atoms with Crippen molar-refractivity contribution in [2.45, 2.75) is 32.4 Å². The summed E-state index contributed by atoms with van der Waals surface area (Å²) in [7, 11) is 3.31. The first-order chi connectivity index (χ1) is 17.8. The van der Waals surface area contributed by atoms with Crippen molar-refractivity contribution in [1.29, 1.82) is 0 Å². The van der Waals surface area contributed by atoms with Gasteiger partial charge in [0.1, 0.15) is 17.5 Å². The minimum absolute atomic E-state index is 0.165. The van der Waals surface area contributed by atoms with Gasteiger partial charge in [0, 0.05) is 37.8 Å². The molecule has 5 rings (SSSR count). The van der Waals surface area contributed by atoms with E-state index in [-0.39, 0.29) is 11.1 Å². The van der Waals surface area contributed by atoms with E-state index in [4.69, 9.17) is 9.47 Å². The molecule has 2 aromatic heterocycles. The summed E-state index contributed by atoms with van der Waals surface area (Å²) >= 11 is 0. The molecule has 0 amide bonds. The molecule has 0 radical (unpaired) electrons. The topological polar surface area (TPSA) is 101 Å². The highest BCUT2D eigenvalue weighted by Gasteiger charge is 2.35. The summed E-state index contributed by atoms with van der Waals surface area (Å²) in [6.45, 7) is 9.16. The predicted octanol–water partition coefficient (Wildman–Crippen LogP) is 3.20. The van der Waals surface area contributed by atoms with Crippen molar-refractivity contribution in [2.24, 2.45) is 0 Å². The molecule has 0 saturated carbocycles. The molecule has 1 atom stereocenters. The van der Waals surface area contributed by atoms with Crippen LogP contribution in [0, 0.1) is 0 Å². The van der Waals surface area contributed by atoms with Crippen LogP contribution >= 0.6 is 0 Å². The first kappa shape index (κ1) is 24.8. The Balaban J connectivity index is 1.55. The monoisotopic (exact) mass is 503 g/mol. The van der Waals surface area contributed by atoms with E-state index < -0.39 is 6.04 Å². The minimum atomic E-state index is -0.413. The Labute approximate surface area is 215 Å². The Morgan fingerprint density at radius 3 is 2.43 bits per heavy atom. The molecule has 0 aliphatic carbocycles. The van der Waals surface area contributed by atoms with Crippen LogP contribution in [0.2, 0.25) is 0 Å². The van der Waals surface area contributed by atoms with Gasteiger partial charge in [-0.05, 0) is 66.9 Å². The van der Waals surface area contributed by atoms with Crippen molar-refractivity contribution in [1.82, 2.24) is 30.1 Å². The van der Waals surface area contributed by atoms with Crippen LogP contribution in [0.25, 0.3) is 10.9 Å². The number of H-pyrrole nitrogens is 1. The number of methoxy groups -OCH3 is 2. The highest BCUT2D eigenvalue weighted by atomic mass is 16.5. The maximum atomic E-state index is 13.5. The average molecular weight is 504 g/mol. The number of tetrazole rings is 1. The molecular weight excluding hydrogens is 470 g/mol. The normalized spacial score (nSPS) is 15.6. The van der Waals surface area contributed by atoms with Gasteiger partial charge in [-0.25, -0.2) is 4.68 Å². The number of rotatable bonds is 6. The maximum Gasteiger partial charge on any atom is 0.253 e. The van der Waals surface area contributed by atoms with Crippen molar-refractivity contribution in [2.75, 3.05) is 45.3 Å². The Bertz CT molecular complexity index is 1450. The van der Waals surface area contributed by atoms with Crippen molar-refractivity contribution >= 4 is 16.6 Å². The van der Waals surface area contributed by atoms with E-state index >= 15 is 0 Å². The zero-order valence-electron chi connectivity index (χ0n) is 21.9. The molecule has 4 aromatic rings. The summed E-state index contributed by atoms with van der Waals surface area (Å²) in [6, 6.07) is 15.3. The van der Waals surface area contributed by atoms with Gasteiger partial charge in [-0.2, -0.15) is 0 Å². The number of hydrogen-bond acceptors (Lipinski definition) is 8. The standard InChI is InChI=1S/C27H33N7O3/c1-27(2,3)34-25(29-30-31-34)24(20-16-18-10-11-19(36-4)17-21(18)28-26(20)35)33-14-12-32(13-15-33)22-8-6-7-9-23(22)37-5/h6-11,16-17,24H,12-15H2,1-5H3,(H,28,35)/t24-/m0/s1. The molecule has 1 fully saturated rings. The average Bonchev–Trinajstić information content (AvgIpc) is 3.39. The Morgan fingerprint density at radius 1 is 0.973 bits per heavy atom. The second-order valence-corrected chi connectivity index (χ2v) is 10.2. The van der Waals surface area contributed by atoms with Crippen molar-refractivity contribution in [3.63, 3.8) is 0 Å². The number of pyridine rings is 1. The molecular formula is C27H33N7O3. The number of aromatic amines is 1. The molecule has 1 aliphatic heterocycles. The van der Waals surface area contributed by atoms with E-state index in [0.29, 0.717) is 17.1 Å². The van der Waals surface area contributed by atoms with Crippen LogP contribution < -0.4 is 19.9 Å². The number of aromatic nitrogens is 5. The van der Waals surface area contributed by atoms with Crippen LogP contribution in [-0.4, -0.2) is 70.5 Å². The molecule has 1 saturated heterocycles. The molecule has 10 nitrogen and oxygen atoms in total. The zero-order valence-corrected chi connectivity index (χ0v) is 21.9. The molecule has 1 N–H and O–H groups in total. The van der Waals surface area contributed by atoms with Crippen molar-refractivity contribution < 1.29 is 9.47 Å². The number of ether oxygens (including phenoxy) is 2. The zero-order chi connectivity index (χ0) is 26.2. The van der Waals surface area contributed by atoms with Crippen LogP contribution in [0.1, 0.15) is 38.2 Å². The third-order valence-corrected chi connectivity index (χ3v) is 6.86. The molecule has 1 aliphatic rings. The summed E-state index contributed by atoms with van der Waals surface area (Å²) in [5.74, 6) is 2.19. The molecule has 2 aromatic carbocycles. The molecule has 10 heteroatoms. The predicted molar refractivity (Wildman–Crippen MR) is 143 cm³/mol. The first-order valence-corrected chi connectivity index (χ1v) is 12.4. The third kappa shape index (κ3) is 4.76. The van der Waals surface area contributed by atoms with Crippen LogP contribution in [0.3, 0.4) is 0 Å². The van der Waals surface area contributed by atoms with Gasteiger partial charge in [0.2, 0.25) is 0 Å². The number of hydrogen-bond donors (Lipinski definition) is 1. The largest absolute Gasteiger partial charge is 0.497 e. The first-order valence-electron chi connectivity index (χ1n) is 12.4. The van der Waals surface area contributed by atoms with E-state index in [1.807, 2.05) is 47.1 Å².